The predicted molar refractivity (Wildman–Crippen MR) is 109 cm³/mol. The fourth-order valence-corrected chi connectivity index (χ4v) is 4.09. The number of benzene rings is 1. The Labute approximate surface area is 165 Å². The molecule has 3 aromatic heterocycles. The maximum absolute atomic E-state index is 12.6. The fraction of sp³-hybridized carbons (Fsp3) is 0.190. The number of carbonyl (C=O) groups is 1. The molecule has 3 heterocycles. The summed E-state index contributed by atoms with van der Waals surface area (Å²) in [7, 11) is 0. The maximum Gasteiger partial charge on any atom is 0.338 e. The number of ether oxygens (including phenoxy) is 1. The van der Waals surface area contributed by atoms with Crippen molar-refractivity contribution in [2.75, 3.05) is 0 Å². The van der Waals surface area contributed by atoms with Crippen molar-refractivity contribution in [2.45, 2.75) is 26.9 Å². The first-order valence-corrected chi connectivity index (χ1v) is 9.70. The zero-order chi connectivity index (χ0) is 19.8. The van der Waals surface area contributed by atoms with E-state index in [1.54, 1.807) is 25.1 Å². The minimum Gasteiger partial charge on any atom is -0.451 e. The van der Waals surface area contributed by atoms with Crippen molar-refractivity contribution in [1.29, 1.82) is 0 Å². The minimum absolute atomic E-state index is 0.209. The largest absolute Gasteiger partial charge is 0.451 e. The summed E-state index contributed by atoms with van der Waals surface area (Å²) >= 11 is 1.47. The van der Waals surface area contributed by atoms with Gasteiger partial charge in [0.1, 0.15) is 4.83 Å². The van der Waals surface area contributed by atoms with Gasteiger partial charge in [-0.25, -0.2) is 9.78 Å². The summed E-state index contributed by atoms with van der Waals surface area (Å²) < 4.78 is 7.47. The van der Waals surface area contributed by atoms with Gasteiger partial charge >= 0.3 is 5.97 Å². The number of esters is 1. The molecule has 4 aromatic rings. The van der Waals surface area contributed by atoms with Crippen LogP contribution in [0.3, 0.4) is 0 Å². The number of hydrogen-bond donors (Lipinski definition) is 1. The van der Waals surface area contributed by atoms with Gasteiger partial charge in [-0.3, -0.25) is 4.79 Å². The van der Waals surface area contributed by atoms with E-state index in [0.717, 1.165) is 16.1 Å². The number of aromatic amines is 1. The van der Waals surface area contributed by atoms with Gasteiger partial charge in [0.25, 0.3) is 5.56 Å². The first-order valence-electron chi connectivity index (χ1n) is 8.88. The molecule has 0 aliphatic rings. The number of carbonyl (C=O) groups excluding carboxylic acids is 1. The van der Waals surface area contributed by atoms with Gasteiger partial charge in [0.05, 0.1) is 10.9 Å². The van der Waals surface area contributed by atoms with Crippen LogP contribution in [0.15, 0.2) is 53.6 Å². The van der Waals surface area contributed by atoms with E-state index in [1.165, 1.54) is 11.3 Å². The number of H-pyrrole nitrogens is 1. The summed E-state index contributed by atoms with van der Waals surface area (Å²) in [5, 5.41) is 0.601. The summed E-state index contributed by atoms with van der Waals surface area (Å²) in [5.41, 5.74) is 2.03. The predicted octanol–water partition coefficient (Wildman–Crippen LogP) is 4.31. The Morgan fingerprint density at radius 3 is 2.71 bits per heavy atom. The fourth-order valence-electron chi connectivity index (χ4n) is 3.05. The first-order chi connectivity index (χ1) is 13.4. The van der Waals surface area contributed by atoms with E-state index in [1.807, 2.05) is 49.0 Å². The van der Waals surface area contributed by atoms with Crippen LogP contribution in [-0.4, -0.2) is 20.5 Å². The van der Waals surface area contributed by atoms with Crippen LogP contribution in [0.4, 0.5) is 0 Å². The highest BCUT2D eigenvalue weighted by molar-refractivity contribution is 7.18. The van der Waals surface area contributed by atoms with Gasteiger partial charge in [0, 0.05) is 23.0 Å². The van der Waals surface area contributed by atoms with Crippen LogP contribution in [0.25, 0.3) is 15.9 Å². The van der Waals surface area contributed by atoms with Gasteiger partial charge < -0.3 is 14.3 Å². The topological polar surface area (TPSA) is 77.0 Å². The molecule has 0 amide bonds. The smallest absolute Gasteiger partial charge is 0.338 e. The molecule has 0 unspecified atom stereocenters. The number of fused-ring (bicyclic) bond motifs is 1. The summed E-state index contributed by atoms with van der Waals surface area (Å²) in [6.07, 6.45) is 3.13. The number of aromatic nitrogens is 3. The zero-order valence-corrected chi connectivity index (χ0v) is 16.5. The summed E-state index contributed by atoms with van der Waals surface area (Å²) in [6, 6.07) is 11.0. The molecule has 7 heteroatoms. The van der Waals surface area contributed by atoms with Crippen LogP contribution >= 0.6 is 11.3 Å². The van der Waals surface area contributed by atoms with Crippen molar-refractivity contribution in [2.24, 2.45) is 0 Å². The molecule has 4 rings (SSSR count). The van der Waals surface area contributed by atoms with E-state index in [4.69, 9.17) is 4.74 Å². The molecule has 0 saturated carbocycles. The summed E-state index contributed by atoms with van der Waals surface area (Å²) in [4.78, 5) is 34.0. The van der Waals surface area contributed by atoms with Crippen molar-refractivity contribution in [1.82, 2.24) is 14.5 Å². The molecule has 0 bridgehead atoms. The Kier molecular flexibility index (Phi) is 4.60. The van der Waals surface area contributed by atoms with E-state index in [2.05, 4.69) is 9.97 Å². The maximum atomic E-state index is 12.6. The third kappa shape index (κ3) is 3.25. The molecule has 0 spiro atoms. The third-order valence-corrected chi connectivity index (χ3v) is 5.81. The quantitative estimate of drug-likeness (QED) is 0.524. The van der Waals surface area contributed by atoms with Gasteiger partial charge in [-0.2, -0.15) is 0 Å². The first kappa shape index (κ1) is 18.2. The molecule has 28 heavy (non-hydrogen) atoms. The van der Waals surface area contributed by atoms with Crippen LogP contribution in [0.2, 0.25) is 0 Å². The van der Waals surface area contributed by atoms with Crippen molar-refractivity contribution < 1.29 is 9.53 Å². The Morgan fingerprint density at radius 1 is 1.21 bits per heavy atom. The van der Waals surface area contributed by atoms with Crippen molar-refractivity contribution in [3.63, 3.8) is 0 Å². The number of aryl methyl sites for hydroxylation is 2. The second kappa shape index (κ2) is 7.09. The van der Waals surface area contributed by atoms with Crippen LogP contribution in [0, 0.1) is 13.8 Å². The molecule has 6 nitrogen and oxygen atoms in total. The lowest BCUT2D eigenvalue weighted by atomic mass is 10.2. The average Bonchev–Trinajstić information content (AvgIpc) is 3.31. The van der Waals surface area contributed by atoms with E-state index >= 15 is 0 Å². The van der Waals surface area contributed by atoms with E-state index in [0.29, 0.717) is 21.6 Å². The number of nitrogens with one attached hydrogen (secondary N) is 1. The molecular weight excluding hydrogens is 374 g/mol. The highest BCUT2D eigenvalue weighted by atomic mass is 32.1. The van der Waals surface area contributed by atoms with Crippen LogP contribution in [-0.2, 0) is 4.74 Å². The Hall–Kier alpha value is -3.19. The van der Waals surface area contributed by atoms with Gasteiger partial charge in [-0.1, -0.05) is 6.07 Å². The van der Waals surface area contributed by atoms with Crippen LogP contribution < -0.4 is 5.56 Å². The number of rotatable bonds is 4. The van der Waals surface area contributed by atoms with Crippen molar-refractivity contribution in [3.8, 4) is 5.69 Å². The Balaban J connectivity index is 1.59. The van der Waals surface area contributed by atoms with E-state index < -0.39 is 12.1 Å². The van der Waals surface area contributed by atoms with E-state index in [9.17, 15) is 9.59 Å². The van der Waals surface area contributed by atoms with Gasteiger partial charge in [-0.05, 0) is 56.7 Å². The molecule has 0 aliphatic carbocycles. The third-order valence-electron chi connectivity index (χ3n) is 4.71. The van der Waals surface area contributed by atoms with Crippen LogP contribution in [0.5, 0.6) is 0 Å². The summed E-state index contributed by atoms with van der Waals surface area (Å²) in [5.74, 6) is -0.128. The number of hydrogen-bond acceptors (Lipinski definition) is 5. The Morgan fingerprint density at radius 2 is 1.96 bits per heavy atom. The normalized spacial score (nSPS) is 12.2. The van der Waals surface area contributed by atoms with Gasteiger partial charge in [0.15, 0.2) is 11.9 Å². The van der Waals surface area contributed by atoms with Crippen LogP contribution in [0.1, 0.15) is 39.7 Å². The standard InChI is InChI=1S/C21H19N3O3S/c1-12-14(3)28-20-17(12)19(25)22-18(23-20)13(2)27-21(26)15-7-6-8-16(11-15)24-9-4-5-10-24/h4-11,13H,1-3H3,(H,22,23,25)/t13-/m1/s1. The molecule has 0 radical (unpaired) electrons. The highest BCUT2D eigenvalue weighted by Gasteiger charge is 2.19. The molecule has 0 saturated heterocycles. The van der Waals surface area contributed by atoms with E-state index in [-0.39, 0.29) is 5.56 Å². The zero-order valence-electron chi connectivity index (χ0n) is 15.7. The Bertz CT molecular complexity index is 1220. The number of thiophene rings is 1. The van der Waals surface area contributed by atoms with Gasteiger partial charge in [-0.15, -0.1) is 11.3 Å². The molecular formula is C21H19N3O3S. The molecule has 142 valence electrons. The second-order valence-corrected chi connectivity index (χ2v) is 7.81. The average molecular weight is 393 g/mol. The molecule has 1 N–H and O–H groups in total. The van der Waals surface area contributed by atoms with Crippen molar-refractivity contribution >= 4 is 27.5 Å². The molecule has 1 atom stereocenters. The lowest BCUT2D eigenvalue weighted by molar-refractivity contribution is 0.0320. The second-order valence-electron chi connectivity index (χ2n) is 6.60. The van der Waals surface area contributed by atoms with Gasteiger partial charge in [0.2, 0.25) is 0 Å². The monoisotopic (exact) mass is 393 g/mol. The highest BCUT2D eigenvalue weighted by Crippen LogP contribution is 2.27. The minimum atomic E-state index is -0.678. The molecule has 1 aromatic carbocycles. The molecule has 0 fully saturated rings. The van der Waals surface area contributed by atoms with Crippen molar-refractivity contribution in [3.05, 3.63) is 81.0 Å². The number of nitrogens with zero attached hydrogens (tertiary/aromatic N) is 2. The lowest BCUT2D eigenvalue weighted by Gasteiger charge is -2.13. The SMILES string of the molecule is Cc1sc2nc([C@@H](C)OC(=O)c3cccc(-n4cccc4)c3)[nH]c(=O)c2c1C. The lowest BCUT2D eigenvalue weighted by Crippen LogP contribution is -2.17. The summed E-state index contributed by atoms with van der Waals surface area (Å²) in [6.45, 7) is 5.57. The molecule has 0 aliphatic heterocycles.